The fourth-order valence-corrected chi connectivity index (χ4v) is 3.29. The Morgan fingerprint density at radius 1 is 1.15 bits per heavy atom. The predicted octanol–water partition coefficient (Wildman–Crippen LogP) is 4.04. The maximum absolute atomic E-state index is 13.0. The number of aromatic nitrogens is 4. The van der Waals surface area contributed by atoms with Gasteiger partial charge in [-0.25, -0.2) is 9.50 Å². The van der Waals surface area contributed by atoms with E-state index in [4.69, 9.17) is 0 Å². The first-order chi connectivity index (χ1) is 12.4. The van der Waals surface area contributed by atoms with Gasteiger partial charge in [-0.1, -0.05) is 12.6 Å². The van der Waals surface area contributed by atoms with E-state index < -0.39 is 11.7 Å². The second-order valence-corrected chi connectivity index (χ2v) is 6.19. The number of hydrogen-bond acceptors (Lipinski definition) is 4. The molecule has 1 fully saturated rings. The molecule has 0 bridgehead atoms. The number of pyridine rings is 1. The molecule has 0 aromatic carbocycles. The number of halogens is 3. The van der Waals surface area contributed by atoms with Gasteiger partial charge in [0.25, 0.3) is 0 Å². The van der Waals surface area contributed by atoms with E-state index in [0.717, 1.165) is 31.3 Å². The maximum Gasteiger partial charge on any atom is 0.417 e. The summed E-state index contributed by atoms with van der Waals surface area (Å²) in [6.07, 6.45) is 0.249. The number of fused-ring (bicyclic) bond motifs is 1. The van der Waals surface area contributed by atoms with Gasteiger partial charge in [0.15, 0.2) is 5.65 Å². The average Bonchev–Trinajstić information content (AvgIpc) is 3.27. The molecular weight excluding hydrogens is 343 g/mol. The molecule has 8 heteroatoms. The van der Waals surface area contributed by atoms with Gasteiger partial charge in [-0.05, 0) is 37.1 Å². The van der Waals surface area contributed by atoms with Crippen LogP contribution in [0.25, 0.3) is 11.2 Å². The smallest absolute Gasteiger partial charge is 0.347 e. The SMILES string of the molecule is C=C(c1cnc2ccc(N3CCC[C@@H]3c3ccccn3)nn12)C(F)(F)F. The van der Waals surface area contributed by atoms with Gasteiger partial charge in [-0.15, -0.1) is 5.10 Å². The van der Waals surface area contributed by atoms with Crippen LogP contribution in [0.5, 0.6) is 0 Å². The molecule has 0 amide bonds. The van der Waals surface area contributed by atoms with Crippen molar-refractivity contribution >= 4 is 17.0 Å². The van der Waals surface area contributed by atoms with Crippen molar-refractivity contribution < 1.29 is 13.2 Å². The van der Waals surface area contributed by atoms with Crippen LogP contribution in [0.1, 0.15) is 30.3 Å². The molecule has 4 rings (SSSR count). The lowest BCUT2D eigenvalue weighted by atomic mass is 10.1. The molecule has 1 saturated heterocycles. The molecule has 3 aromatic rings. The number of allylic oxidation sites excluding steroid dienone is 1. The summed E-state index contributed by atoms with van der Waals surface area (Å²) in [5.41, 5.74) is 0.167. The van der Waals surface area contributed by atoms with Crippen molar-refractivity contribution in [2.24, 2.45) is 0 Å². The molecule has 0 unspecified atom stereocenters. The van der Waals surface area contributed by atoms with Crippen molar-refractivity contribution in [3.05, 3.63) is 60.7 Å². The van der Waals surface area contributed by atoms with E-state index in [-0.39, 0.29) is 11.7 Å². The summed E-state index contributed by atoms with van der Waals surface area (Å²) in [6, 6.07) is 9.24. The first-order valence-electron chi connectivity index (χ1n) is 8.24. The highest BCUT2D eigenvalue weighted by atomic mass is 19.4. The first-order valence-corrected chi connectivity index (χ1v) is 8.24. The van der Waals surface area contributed by atoms with Gasteiger partial charge in [0, 0.05) is 12.7 Å². The highest BCUT2D eigenvalue weighted by Gasteiger charge is 2.35. The summed E-state index contributed by atoms with van der Waals surface area (Å²) < 4.78 is 40.3. The zero-order valence-corrected chi connectivity index (χ0v) is 13.8. The predicted molar refractivity (Wildman–Crippen MR) is 91.6 cm³/mol. The summed E-state index contributed by atoms with van der Waals surface area (Å²) in [6.45, 7) is 3.93. The van der Waals surface area contributed by atoms with Crippen LogP contribution in [0.2, 0.25) is 0 Å². The van der Waals surface area contributed by atoms with Gasteiger partial charge in [-0.3, -0.25) is 4.98 Å². The van der Waals surface area contributed by atoms with Crippen molar-refractivity contribution in [3.8, 4) is 0 Å². The van der Waals surface area contributed by atoms with Crippen LogP contribution in [0.3, 0.4) is 0 Å². The number of nitrogens with zero attached hydrogens (tertiary/aromatic N) is 5. The lowest BCUT2D eigenvalue weighted by Gasteiger charge is -2.25. The normalized spacial score (nSPS) is 17.8. The highest BCUT2D eigenvalue weighted by molar-refractivity contribution is 5.67. The van der Waals surface area contributed by atoms with Crippen LogP contribution in [-0.2, 0) is 0 Å². The van der Waals surface area contributed by atoms with E-state index in [0.29, 0.717) is 11.5 Å². The van der Waals surface area contributed by atoms with E-state index in [9.17, 15) is 13.2 Å². The summed E-state index contributed by atoms with van der Waals surface area (Å²) >= 11 is 0. The van der Waals surface area contributed by atoms with E-state index in [1.807, 2.05) is 18.2 Å². The second-order valence-electron chi connectivity index (χ2n) is 6.19. The Kier molecular flexibility index (Phi) is 3.90. The quantitative estimate of drug-likeness (QED) is 0.708. The number of rotatable bonds is 3. The molecule has 4 heterocycles. The van der Waals surface area contributed by atoms with Crippen molar-refractivity contribution in [2.75, 3.05) is 11.4 Å². The molecule has 1 aliphatic heterocycles. The zero-order valence-electron chi connectivity index (χ0n) is 13.8. The summed E-state index contributed by atoms with van der Waals surface area (Å²) in [5.74, 6) is 0.597. The molecule has 0 spiro atoms. The Morgan fingerprint density at radius 2 is 2.00 bits per heavy atom. The first kappa shape index (κ1) is 16.6. The lowest BCUT2D eigenvalue weighted by Crippen LogP contribution is -2.25. The second kappa shape index (κ2) is 6.12. The monoisotopic (exact) mass is 359 g/mol. The van der Waals surface area contributed by atoms with E-state index in [1.165, 1.54) is 4.52 Å². The molecular formula is C18H16F3N5. The topological polar surface area (TPSA) is 46.3 Å². The minimum Gasteiger partial charge on any atom is -0.347 e. The van der Waals surface area contributed by atoms with Gasteiger partial charge in [0.05, 0.1) is 29.2 Å². The van der Waals surface area contributed by atoms with Gasteiger partial charge in [0.2, 0.25) is 0 Å². The summed E-state index contributed by atoms with van der Waals surface area (Å²) in [5, 5.41) is 4.42. The Morgan fingerprint density at radius 3 is 2.73 bits per heavy atom. The molecule has 1 aliphatic rings. The number of anilines is 1. The van der Waals surface area contributed by atoms with Crippen LogP contribution in [0.4, 0.5) is 19.0 Å². The van der Waals surface area contributed by atoms with E-state index in [2.05, 4.69) is 26.5 Å². The Hall–Kier alpha value is -2.90. The molecule has 0 saturated carbocycles. The fraction of sp³-hybridized carbons (Fsp3) is 0.278. The van der Waals surface area contributed by atoms with E-state index in [1.54, 1.807) is 18.3 Å². The molecule has 0 radical (unpaired) electrons. The number of hydrogen-bond donors (Lipinski definition) is 0. The zero-order chi connectivity index (χ0) is 18.3. The summed E-state index contributed by atoms with van der Waals surface area (Å²) in [4.78, 5) is 10.5. The van der Waals surface area contributed by atoms with Crippen LogP contribution < -0.4 is 4.90 Å². The van der Waals surface area contributed by atoms with Crippen LogP contribution in [0.15, 0.2) is 49.3 Å². The highest BCUT2D eigenvalue weighted by Crippen LogP contribution is 2.35. The number of imidazole rings is 1. The molecule has 0 N–H and O–H groups in total. The molecule has 26 heavy (non-hydrogen) atoms. The van der Waals surface area contributed by atoms with E-state index >= 15 is 0 Å². The number of alkyl halides is 3. The van der Waals surface area contributed by atoms with Gasteiger partial charge < -0.3 is 4.90 Å². The van der Waals surface area contributed by atoms with Crippen LogP contribution in [-0.4, -0.2) is 32.3 Å². The summed E-state index contributed by atoms with van der Waals surface area (Å²) in [7, 11) is 0. The third-order valence-electron chi connectivity index (χ3n) is 4.58. The Balaban J connectivity index is 1.74. The van der Waals surface area contributed by atoms with Crippen molar-refractivity contribution in [2.45, 2.75) is 25.1 Å². The minimum absolute atomic E-state index is 0.0546. The molecule has 3 aromatic heterocycles. The Bertz CT molecular complexity index is 948. The third kappa shape index (κ3) is 2.81. The Labute approximate surface area is 147 Å². The van der Waals surface area contributed by atoms with Crippen molar-refractivity contribution in [1.29, 1.82) is 0 Å². The van der Waals surface area contributed by atoms with Crippen LogP contribution >= 0.6 is 0 Å². The standard InChI is InChI=1S/C18H16F3N5/c1-12(18(19,20)21)15-11-23-16-7-8-17(24-26(15)16)25-10-4-6-14(25)13-5-2-3-9-22-13/h2-3,5,7-9,11,14H,1,4,6,10H2/t14-/m1/s1. The fourth-order valence-electron chi connectivity index (χ4n) is 3.29. The van der Waals surface area contributed by atoms with Gasteiger partial charge in [0.1, 0.15) is 5.82 Å². The van der Waals surface area contributed by atoms with Crippen LogP contribution in [0, 0.1) is 0 Å². The average molecular weight is 359 g/mol. The van der Waals surface area contributed by atoms with Crippen molar-refractivity contribution in [3.63, 3.8) is 0 Å². The molecule has 0 aliphatic carbocycles. The van der Waals surface area contributed by atoms with Crippen molar-refractivity contribution in [1.82, 2.24) is 19.6 Å². The molecule has 5 nitrogen and oxygen atoms in total. The van der Waals surface area contributed by atoms with Gasteiger partial charge >= 0.3 is 6.18 Å². The largest absolute Gasteiger partial charge is 0.417 e. The van der Waals surface area contributed by atoms with Gasteiger partial charge in [-0.2, -0.15) is 13.2 Å². The molecule has 1 atom stereocenters. The lowest BCUT2D eigenvalue weighted by molar-refractivity contribution is -0.0689. The minimum atomic E-state index is -4.53. The molecule has 134 valence electrons. The third-order valence-corrected chi connectivity index (χ3v) is 4.58. The maximum atomic E-state index is 13.0.